The van der Waals surface area contributed by atoms with Crippen LogP contribution in [0.3, 0.4) is 0 Å². The second-order valence-electron chi connectivity index (χ2n) is 8.94. The normalized spacial score (nSPS) is 12.6. The summed E-state index contributed by atoms with van der Waals surface area (Å²) in [6, 6.07) is 20.1. The van der Waals surface area contributed by atoms with E-state index >= 15 is 0 Å². The third kappa shape index (κ3) is 5.95. The minimum atomic E-state index is -4.62. The molecule has 1 atom stereocenters. The van der Waals surface area contributed by atoms with Gasteiger partial charge in [0.2, 0.25) is 10.0 Å². The molecule has 0 spiro atoms. The summed E-state index contributed by atoms with van der Waals surface area (Å²) in [7, 11) is -4.62. The number of aliphatic carboxylic acids is 1. The highest BCUT2D eigenvalue weighted by Gasteiger charge is 2.30. The lowest BCUT2D eigenvalue weighted by Crippen LogP contribution is -2.44. The van der Waals surface area contributed by atoms with Crippen molar-refractivity contribution >= 4 is 26.8 Å². The molecular formula is C28H25F2NO5S. The quantitative estimate of drug-likeness (QED) is 0.290. The molecule has 0 saturated heterocycles. The molecule has 2 N–H and O–H groups in total. The van der Waals surface area contributed by atoms with E-state index in [1.54, 1.807) is 24.3 Å². The van der Waals surface area contributed by atoms with Gasteiger partial charge in [-0.25, -0.2) is 17.2 Å². The Morgan fingerprint density at radius 3 is 2.24 bits per heavy atom. The van der Waals surface area contributed by atoms with Gasteiger partial charge in [-0.1, -0.05) is 62.4 Å². The second kappa shape index (κ2) is 10.7. The summed E-state index contributed by atoms with van der Waals surface area (Å²) in [5.74, 6) is -3.67. The molecule has 4 aromatic carbocycles. The number of ether oxygens (including phenoxy) is 1. The van der Waals surface area contributed by atoms with Crippen molar-refractivity contribution in [3.05, 3.63) is 96.1 Å². The van der Waals surface area contributed by atoms with E-state index in [9.17, 15) is 27.1 Å². The Morgan fingerprint density at radius 1 is 0.919 bits per heavy atom. The highest BCUT2D eigenvalue weighted by atomic mass is 32.2. The van der Waals surface area contributed by atoms with Crippen molar-refractivity contribution < 1.29 is 31.8 Å². The molecule has 0 aliphatic carbocycles. The van der Waals surface area contributed by atoms with Gasteiger partial charge in [-0.2, -0.15) is 4.72 Å². The van der Waals surface area contributed by atoms with Crippen LogP contribution in [-0.2, 0) is 21.4 Å². The number of rotatable bonds is 9. The fraction of sp³-hybridized carbons (Fsp3) is 0.179. The number of carboxylic acids is 1. The summed E-state index contributed by atoms with van der Waals surface area (Å²) >= 11 is 0. The van der Waals surface area contributed by atoms with Crippen molar-refractivity contribution in [2.24, 2.45) is 5.92 Å². The molecule has 0 heterocycles. The molecule has 0 bridgehead atoms. The van der Waals surface area contributed by atoms with Gasteiger partial charge in [0.05, 0.1) is 0 Å². The maximum atomic E-state index is 14.9. The van der Waals surface area contributed by atoms with Crippen molar-refractivity contribution in [2.75, 3.05) is 0 Å². The van der Waals surface area contributed by atoms with Gasteiger partial charge in [-0.15, -0.1) is 0 Å². The van der Waals surface area contributed by atoms with E-state index in [4.69, 9.17) is 4.74 Å². The summed E-state index contributed by atoms with van der Waals surface area (Å²) in [6.07, 6.45) is 0. The number of fused-ring (bicyclic) bond motifs is 1. The van der Waals surface area contributed by atoms with Gasteiger partial charge in [0.15, 0.2) is 0 Å². The van der Waals surface area contributed by atoms with E-state index in [1.165, 1.54) is 13.8 Å². The summed E-state index contributed by atoms with van der Waals surface area (Å²) in [5.41, 5.74) is 1.15. The molecule has 0 aliphatic rings. The van der Waals surface area contributed by atoms with Crippen molar-refractivity contribution in [3.8, 4) is 16.9 Å². The van der Waals surface area contributed by atoms with Crippen molar-refractivity contribution in [1.29, 1.82) is 0 Å². The molecule has 0 saturated carbocycles. The lowest BCUT2D eigenvalue weighted by molar-refractivity contribution is -0.140. The predicted octanol–water partition coefficient (Wildman–Crippen LogP) is 5.75. The topological polar surface area (TPSA) is 92.7 Å². The third-order valence-corrected chi connectivity index (χ3v) is 7.37. The molecule has 4 aromatic rings. The minimum absolute atomic E-state index is 0.142. The van der Waals surface area contributed by atoms with Crippen LogP contribution in [0.2, 0.25) is 0 Å². The smallest absolute Gasteiger partial charge is 0.322 e. The summed E-state index contributed by atoms with van der Waals surface area (Å²) in [5, 5.41) is 11.5. The van der Waals surface area contributed by atoms with Gasteiger partial charge in [0, 0.05) is 5.56 Å². The first-order chi connectivity index (χ1) is 17.5. The van der Waals surface area contributed by atoms with Crippen LogP contribution in [0.4, 0.5) is 8.78 Å². The van der Waals surface area contributed by atoms with E-state index in [1.807, 2.05) is 47.2 Å². The minimum Gasteiger partial charge on any atom is -0.489 e. The first-order valence-electron chi connectivity index (χ1n) is 11.5. The Balaban J connectivity index is 1.51. The Bertz CT molecular complexity index is 1550. The van der Waals surface area contributed by atoms with Crippen LogP contribution in [0, 0.1) is 17.6 Å². The summed E-state index contributed by atoms with van der Waals surface area (Å²) in [6.45, 7) is 3.31. The Morgan fingerprint density at radius 2 is 1.59 bits per heavy atom. The van der Waals surface area contributed by atoms with Gasteiger partial charge in [-0.05, 0) is 58.1 Å². The van der Waals surface area contributed by atoms with Crippen LogP contribution in [0.15, 0.2) is 83.8 Å². The predicted molar refractivity (Wildman–Crippen MR) is 137 cm³/mol. The van der Waals surface area contributed by atoms with E-state index in [0.29, 0.717) is 24.0 Å². The molecule has 0 aliphatic heterocycles. The van der Waals surface area contributed by atoms with Gasteiger partial charge in [0.25, 0.3) is 0 Å². The number of nitrogens with one attached hydrogen (secondary N) is 1. The largest absolute Gasteiger partial charge is 0.489 e. The van der Waals surface area contributed by atoms with Gasteiger partial charge >= 0.3 is 5.97 Å². The van der Waals surface area contributed by atoms with Crippen molar-refractivity contribution in [3.63, 3.8) is 0 Å². The van der Waals surface area contributed by atoms with Crippen LogP contribution in [-0.4, -0.2) is 25.5 Å². The Labute approximate surface area is 213 Å². The highest BCUT2D eigenvalue weighted by Crippen LogP contribution is 2.29. The standard InChI is InChI=1S/C28H25F2NO5S/c1-17(2)27(28(32)33)31-37(34,35)26-15-24(29)23(14-25(26)30)20-9-11-22(12-10-20)36-16-18-7-8-19-5-3-4-6-21(19)13-18/h3-15,17,27,31H,16H2,1-2H3,(H,32,33)/t27-/m1/s1. The number of halogens is 2. The molecule has 192 valence electrons. The number of hydrogen-bond acceptors (Lipinski definition) is 4. The van der Waals surface area contributed by atoms with Gasteiger partial charge in [-0.3, -0.25) is 4.79 Å². The lowest BCUT2D eigenvalue weighted by Gasteiger charge is -2.18. The third-order valence-electron chi connectivity index (χ3n) is 5.91. The molecule has 9 heteroatoms. The fourth-order valence-corrected chi connectivity index (χ4v) is 5.29. The van der Waals surface area contributed by atoms with Gasteiger partial charge in [0.1, 0.15) is 34.9 Å². The van der Waals surface area contributed by atoms with Crippen molar-refractivity contribution in [1.82, 2.24) is 4.72 Å². The number of hydrogen-bond donors (Lipinski definition) is 2. The maximum Gasteiger partial charge on any atom is 0.322 e. The van der Waals surface area contributed by atoms with E-state index in [0.717, 1.165) is 22.4 Å². The molecule has 0 amide bonds. The monoisotopic (exact) mass is 525 g/mol. The zero-order valence-corrected chi connectivity index (χ0v) is 20.9. The Hall–Kier alpha value is -3.82. The molecule has 6 nitrogen and oxygen atoms in total. The summed E-state index contributed by atoms with van der Waals surface area (Å²) in [4.78, 5) is 10.4. The lowest BCUT2D eigenvalue weighted by atomic mass is 10.0. The highest BCUT2D eigenvalue weighted by molar-refractivity contribution is 7.89. The van der Waals surface area contributed by atoms with Crippen LogP contribution >= 0.6 is 0 Å². The van der Waals surface area contributed by atoms with E-state index < -0.39 is 44.5 Å². The first kappa shape index (κ1) is 26.2. The number of sulfonamides is 1. The van der Waals surface area contributed by atoms with Crippen molar-refractivity contribution in [2.45, 2.75) is 31.4 Å². The average Bonchev–Trinajstić information content (AvgIpc) is 2.87. The van der Waals surface area contributed by atoms with Crippen LogP contribution in [0.25, 0.3) is 21.9 Å². The van der Waals surface area contributed by atoms with Crippen LogP contribution < -0.4 is 9.46 Å². The molecule has 0 radical (unpaired) electrons. The van der Waals surface area contributed by atoms with E-state index in [2.05, 4.69) is 0 Å². The average molecular weight is 526 g/mol. The molecular weight excluding hydrogens is 500 g/mol. The van der Waals surface area contributed by atoms with Gasteiger partial charge < -0.3 is 9.84 Å². The first-order valence-corrected chi connectivity index (χ1v) is 13.0. The fourth-order valence-electron chi connectivity index (χ4n) is 3.88. The molecule has 0 aromatic heterocycles. The number of benzene rings is 4. The molecule has 4 rings (SSSR count). The molecule has 0 fully saturated rings. The zero-order chi connectivity index (χ0) is 26.7. The molecule has 0 unspecified atom stereocenters. The zero-order valence-electron chi connectivity index (χ0n) is 20.1. The summed E-state index contributed by atoms with van der Waals surface area (Å²) < 4.78 is 62.6. The SMILES string of the molecule is CC(C)[C@@H](NS(=O)(=O)c1cc(F)c(-c2ccc(OCc3ccc4ccccc4c3)cc2)cc1F)C(=O)O. The molecule has 37 heavy (non-hydrogen) atoms. The maximum absolute atomic E-state index is 14.9. The second-order valence-corrected chi connectivity index (χ2v) is 10.6. The van der Waals surface area contributed by atoms with Crippen LogP contribution in [0.1, 0.15) is 19.4 Å². The number of carboxylic acid groups (broad SMARTS) is 1. The number of carbonyl (C=O) groups is 1. The van der Waals surface area contributed by atoms with E-state index in [-0.39, 0.29) is 5.56 Å². The Kier molecular flexibility index (Phi) is 7.56. The van der Waals surface area contributed by atoms with Crippen LogP contribution in [0.5, 0.6) is 5.75 Å².